The minimum Gasteiger partial charge on any atom is -0.497 e. The molecule has 0 atom stereocenters. The third-order valence-electron chi connectivity index (χ3n) is 4.22. The van der Waals surface area contributed by atoms with Crippen LogP contribution in [0.5, 0.6) is 17.2 Å². The van der Waals surface area contributed by atoms with E-state index in [1.807, 2.05) is 0 Å². The van der Waals surface area contributed by atoms with Gasteiger partial charge in [0.2, 0.25) is 0 Å². The van der Waals surface area contributed by atoms with Crippen molar-refractivity contribution in [1.29, 1.82) is 0 Å². The number of sulfonamides is 1. The van der Waals surface area contributed by atoms with Gasteiger partial charge >= 0.3 is 0 Å². The highest BCUT2D eigenvalue weighted by atomic mass is 32.2. The first-order valence-corrected chi connectivity index (χ1v) is 10.7. The smallest absolute Gasteiger partial charge is 0.262 e. The topological polar surface area (TPSA) is 103 Å². The summed E-state index contributed by atoms with van der Waals surface area (Å²) in [5, 5.41) is 2.70. The summed E-state index contributed by atoms with van der Waals surface area (Å²) in [5.74, 6) is 1.34. The Hall–Kier alpha value is -3.72. The van der Waals surface area contributed by atoms with Gasteiger partial charge in [0.25, 0.3) is 15.9 Å². The Kier molecular flexibility index (Phi) is 6.99. The van der Waals surface area contributed by atoms with Gasteiger partial charge in [-0.3, -0.25) is 9.52 Å². The predicted octanol–water partition coefficient (Wildman–Crippen LogP) is 3.52. The molecule has 3 rings (SSSR count). The Balaban J connectivity index is 1.55. The van der Waals surface area contributed by atoms with Gasteiger partial charge < -0.3 is 19.5 Å². The number of anilines is 2. The van der Waals surface area contributed by atoms with Crippen LogP contribution >= 0.6 is 0 Å². The van der Waals surface area contributed by atoms with Crippen molar-refractivity contribution in [3.63, 3.8) is 0 Å². The lowest BCUT2D eigenvalue weighted by molar-refractivity contribution is -0.118. The predicted molar refractivity (Wildman–Crippen MR) is 117 cm³/mol. The zero-order valence-electron chi connectivity index (χ0n) is 17.0. The number of methoxy groups -OCH3 is 2. The molecule has 0 bridgehead atoms. The molecule has 0 aliphatic rings. The molecule has 0 heterocycles. The molecule has 3 aromatic carbocycles. The number of benzene rings is 3. The van der Waals surface area contributed by atoms with Crippen molar-refractivity contribution in [2.24, 2.45) is 0 Å². The average molecular weight is 442 g/mol. The van der Waals surface area contributed by atoms with E-state index in [2.05, 4.69) is 10.0 Å². The maximum atomic E-state index is 12.5. The van der Waals surface area contributed by atoms with E-state index in [0.717, 1.165) is 0 Å². The fraction of sp³-hybridized carbons (Fsp3) is 0.136. The second kappa shape index (κ2) is 9.86. The molecular formula is C22H22N2O6S. The van der Waals surface area contributed by atoms with Crippen molar-refractivity contribution in [1.82, 2.24) is 0 Å². The van der Waals surface area contributed by atoms with Crippen LogP contribution in [-0.2, 0) is 14.8 Å². The Labute approximate surface area is 180 Å². The quantitative estimate of drug-likeness (QED) is 0.526. The number of carbonyl (C=O) groups is 1. The molecule has 0 fully saturated rings. The highest BCUT2D eigenvalue weighted by Gasteiger charge is 2.14. The first-order valence-electron chi connectivity index (χ1n) is 9.23. The zero-order chi connectivity index (χ0) is 22.3. The summed E-state index contributed by atoms with van der Waals surface area (Å²) >= 11 is 0. The molecule has 8 nitrogen and oxygen atoms in total. The largest absolute Gasteiger partial charge is 0.497 e. The highest BCUT2D eigenvalue weighted by Crippen LogP contribution is 2.21. The first-order chi connectivity index (χ1) is 14.9. The van der Waals surface area contributed by atoms with Gasteiger partial charge in [-0.1, -0.05) is 0 Å². The maximum Gasteiger partial charge on any atom is 0.262 e. The number of nitrogens with one attached hydrogen (secondary N) is 2. The van der Waals surface area contributed by atoms with Crippen molar-refractivity contribution >= 4 is 27.3 Å². The van der Waals surface area contributed by atoms with E-state index in [4.69, 9.17) is 14.2 Å². The number of hydrogen-bond acceptors (Lipinski definition) is 6. The third kappa shape index (κ3) is 6.13. The number of carbonyl (C=O) groups excluding carboxylic acids is 1. The standard InChI is InChI=1S/C22H22N2O6S/c1-28-18-7-3-16(4-8-18)23-22(25)15-30-20-11-13-21(14-12-20)31(26,27)24-17-5-9-19(29-2)10-6-17/h3-14,24H,15H2,1-2H3,(H,23,25). The number of ether oxygens (including phenoxy) is 3. The number of amides is 1. The van der Waals surface area contributed by atoms with E-state index in [1.54, 1.807) is 55.6 Å². The summed E-state index contributed by atoms with van der Waals surface area (Å²) in [6.45, 7) is -0.220. The van der Waals surface area contributed by atoms with Crippen molar-refractivity contribution < 1.29 is 27.4 Å². The zero-order valence-corrected chi connectivity index (χ0v) is 17.8. The molecule has 9 heteroatoms. The summed E-state index contributed by atoms with van der Waals surface area (Å²) in [6, 6.07) is 19.2. The average Bonchev–Trinajstić information content (AvgIpc) is 2.79. The second-order valence-electron chi connectivity index (χ2n) is 6.37. The van der Waals surface area contributed by atoms with Crippen LogP contribution in [0.25, 0.3) is 0 Å². The molecule has 0 saturated carbocycles. The summed E-state index contributed by atoms with van der Waals surface area (Å²) in [5.41, 5.74) is 1.02. The summed E-state index contributed by atoms with van der Waals surface area (Å²) < 4.78 is 43.1. The molecule has 0 aromatic heterocycles. The van der Waals surface area contributed by atoms with Crippen molar-refractivity contribution in [2.75, 3.05) is 30.9 Å². The van der Waals surface area contributed by atoms with E-state index in [0.29, 0.717) is 28.6 Å². The molecule has 3 aromatic rings. The van der Waals surface area contributed by atoms with Gasteiger partial charge in [0.1, 0.15) is 17.2 Å². The molecule has 0 aliphatic heterocycles. The first kappa shape index (κ1) is 22.0. The number of rotatable bonds is 9. The van der Waals surface area contributed by atoms with Gasteiger partial charge in [-0.05, 0) is 72.8 Å². The van der Waals surface area contributed by atoms with Crippen LogP contribution in [0.2, 0.25) is 0 Å². The van der Waals surface area contributed by atoms with Crippen molar-refractivity contribution in [3.8, 4) is 17.2 Å². The Bertz CT molecular complexity index is 1110. The normalized spacial score (nSPS) is 10.8. The van der Waals surface area contributed by atoms with Crippen LogP contribution in [-0.4, -0.2) is 35.2 Å². The molecule has 1 amide bonds. The van der Waals surface area contributed by atoms with E-state index in [9.17, 15) is 13.2 Å². The summed E-state index contributed by atoms with van der Waals surface area (Å²) in [6.07, 6.45) is 0. The van der Waals surface area contributed by atoms with E-state index in [-0.39, 0.29) is 17.4 Å². The number of hydrogen-bond donors (Lipinski definition) is 2. The van der Waals surface area contributed by atoms with E-state index in [1.165, 1.54) is 31.4 Å². The molecule has 0 aliphatic carbocycles. The van der Waals surface area contributed by atoms with Crippen LogP contribution in [0, 0.1) is 0 Å². The fourth-order valence-electron chi connectivity index (χ4n) is 2.61. The Morgan fingerprint density at radius 3 is 1.74 bits per heavy atom. The fourth-order valence-corrected chi connectivity index (χ4v) is 3.67. The van der Waals surface area contributed by atoms with Crippen LogP contribution in [0.1, 0.15) is 0 Å². The minimum atomic E-state index is -3.76. The molecule has 31 heavy (non-hydrogen) atoms. The van der Waals surface area contributed by atoms with Crippen LogP contribution in [0.4, 0.5) is 11.4 Å². The van der Waals surface area contributed by atoms with Gasteiger partial charge in [-0.2, -0.15) is 0 Å². The molecule has 0 spiro atoms. The highest BCUT2D eigenvalue weighted by molar-refractivity contribution is 7.92. The molecule has 0 saturated heterocycles. The Morgan fingerprint density at radius 1 is 0.742 bits per heavy atom. The molecular weight excluding hydrogens is 420 g/mol. The van der Waals surface area contributed by atoms with Crippen LogP contribution in [0.3, 0.4) is 0 Å². The van der Waals surface area contributed by atoms with Gasteiger partial charge in [-0.25, -0.2) is 8.42 Å². The van der Waals surface area contributed by atoms with E-state index < -0.39 is 10.0 Å². The van der Waals surface area contributed by atoms with Gasteiger partial charge in [0, 0.05) is 11.4 Å². The lowest BCUT2D eigenvalue weighted by atomic mass is 10.3. The van der Waals surface area contributed by atoms with Crippen molar-refractivity contribution in [2.45, 2.75) is 4.90 Å². The monoisotopic (exact) mass is 442 g/mol. The van der Waals surface area contributed by atoms with Crippen molar-refractivity contribution in [3.05, 3.63) is 72.8 Å². The van der Waals surface area contributed by atoms with Gasteiger partial charge in [0.05, 0.1) is 19.1 Å². The SMILES string of the molecule is COc1ccc(NC(=O)COc2ccc(S(=O)(=O)Nc3ccc(OC)cc3)cc2)cc1. The molecule has 162 valence electrons. The molecule has 0 unspecified atom stereocenters. The lowest BCUT2D eigenvalue weighted by Crippen LogP contribution is -2.20. The van der Waals surface area contributed by atoms with Gasteiger partial charge in [0.15, 0.2) is 6.61 Å². The maximum absolute atomic E-state index is 12.5. The summed E-state index contributed by atoms with van der Waals surface area (Å²) in [7, 11) is -0.667. The summed E-state index contributed by atoms with van der Waals surface area (Å²) in [4.78, 5) is 12.1. The minimum absolute atomic E-state index is 0.0679. The second-order valence-corrected chi connectivity index (χ2v) is 8.05. The van der Waals surface area contributed by atoms with Crippen LogP contribution < -0.4 is 24.2 Å². The lowest BCUT2D eigenvalue weighted by Gasteiger charge is -2.10. The van der Waals surface area contributed by atoms with E-state index >= 15 is 0 Å². The van der Waals surface area contributed by atoms with Crippen LogP contribution in [0.15, 0.2) is 77.7 Å². The third-order valence-corrected chi connectivity index (χ3v) is 5.62. The molecule has 0 radical (unpaired) electrons. The Morgan fingerprint density at radius 2 is 1.23 bits per heavy atom. The molecule has 2 N–H and O–H groups in total. The van der Waals surface area contributed by atoms with Gasteiger partial charge in [-0.15, -0.1) is 0 Å².